The fourth-order valence-electron chi connectivity index (χ4n) is 3.60. The van der Waals surface area contributed by atoms with Crippen molar-refractivity contribution in [3.8, 4) is 0 Å². The molecule has 0 saturated heterocycles. The normalized spacial score (nSPS) is 27.5. The van der Waals surface area contributed by atoms with Crippen LogP contribution < -0.4 is 0 Å². The minimum atomic E-state index is -4.45. The number of nitrogens with zero attached hydrogens (tertiary/aromatic N) is 3. The van der Waals surface area contributed by atoms with Gasteiger partial charge in [0.25, 0.3) is 0 Å². The van der Waals surface area contributed by atoms with Crippen molar-refractivity contribution in [1.82, 2.24) is 14.8 Å². The van der Waals surface area contributed by atoms with E-state index in [2.05, 4.69) is 10.1 Å². The molecule has 24 heavy (non-hydrogen) atoms. The second-order valence-corrected chi connectivity index (χ2v) is 6.72. The zero-order valence-corrected chi connectivity index (χ0v) is 13.5. The summed E-state index contributed by atoms with van der Waals surface area (Å²) in [4.78, 5) is 3.75. The maximum absolute atomic E-state index is 13.4. The molecule has 1 aliphatic carbocycles. The first-order valence-electron chi connectivity index (χ1n) is 7.65. The van der Waals surface area contributed by atoms with E-state index in [-0.39, 0.29) is 13.0 Å². The molecule has 0 amide bonds. The predicted molar refractivity (Wildman–Crippen MR) is 82.4 cm³/mol. The van der Waals surface area contributed by atoms with E-state index in [1.54, 1.807) is 24.3 Å². The van der Waals surface area contributed by atoms with E-state index in [1.165, 1.54) is 17.3 Å². The highest BCUT2D eigenvalue weighted by atomic mass is 35.5. The van der Waals surface area contributed by atoms with Crippen molar-refractivity contribution in [2.45, 2.75) is 37.6 Å². The SMILES string of the molecule is OC1(Cn2cncn2)C(Cc2ccc(Cl)cc2)CCC1C(F)(F)F. The Morgan fingerprint density at radius 1 is 1.25 bits per heavy atom. The number of aromatic nitrogens is 3. The average Bonchev–Trinajstić information content (AvgIpc) is 3.10. The molecule has 2 aromatic rings. The Bertz CT molecular complexity index is 675. The molecule has 1 aromatic carbocycles. The van der Waals surface area contributed by atoms with Gasteiger partial charge in [-0.05, 0) is 42.9 Å². The Labute approximate surface area is 142 Å². The zero-order chi connectivity index (χ0) is 17.4. The van der Waals surface area contributed by atoms with Crippen LogP contribution in [0, 0.1) is 11.8 Å². The first kappa shape index (κ1) is 17.2. The van der Waals surface area contributed by atoms with Crippen LogP contribution in [0.1, 0.15) is 18.4 Å². The minimum absolute atomic E-state index is 0.0903. The van der Waals surface area contributed by atoms with Crippen LogP contribution in [0.4, 0.5) is 13.2 Å². The Balaban J connectivity index is 1.87. The lowest BCUT2D eigenvalue weighted by atomic mass is 9.80. The highest BCUT2D eigenvalue weighted by Gasteiger charge is 2.59. The number of rotatable bonds is 4. The third-order valence-electron chi connectivity index (χ3n) is 4.79. The molecule has 0 spiro atoms. The summed E-state index contributed by atoms with van der Waals surface area (Å²) in [6, 6.07) is 6.95. The Morgan fingerprint density at radius 2 is 1.96 bits per heavy atom. The summed E-state index contributed by atoms with van der Waals surface area (Å²) < 4.78 is 41.5. The topological polar surface area (TPSA) is 50.9 Å². The third-order valence-corrected chi connectivity index (χ3v) is 5.04. The molecule has 0 radical (unpaired) electrons. The highest BCUT2D eigenvalue weighted by molar-refractivity contribution is 6.30. The van der Waals surface area contributed by atoms with Crippen LogP contribution in [-0.4, -0.2) is 31.6 Å². The molecule has 0 aliphatic heterocycles. The Hall–Kier alpha value is -1.60. The molecule has 3 unspecified atom stereocenters. The quantitative estimate of drug-likeness (QED) is 0.909. The van der Waals surface area contributed by atoms with Crippen molar-refractivity contribution in [1.29, 1.82) is 0 Å². The van der Waals surface area contributed by atoms with E-state index >= 15 is 0 Å². The summed E-state index contributed by atoms with van der Waals surface area (Å²) in [5.41, 5.74) is -1.06. The van der Waals surface area contributed by atoms with E-state index in [0.29, 0.717) is 17.9 Å². The minimum Gasteiger partial charge on any atom is -0.387 e. The van der Waals surface area contributed by atoms with Gasteiger partial charge < -0.3 is 5.11 Å². The zero-order valence-electron chi connectivity index (χ0n) is 12.7. The molecule has 1 heterocycles. The van der Waals surface area contributed by atoms with Gasteiger partial charge in [-0.1, -0.05) is 23.7 Å². The lowest BCUT2D eigenvalue weighted by Gasteiger charge is -2.36. The van der Waals surface area contributed by atoms with Crippen molar-refractivity contribution in [3.63, 3.8) is 0 Å². The Morgan fingerprint density at radius 3 is 2.54 bits per heavy atom. The predicted octanol–water partition coefficient (Wildman–Crippen LogP) is 3.49. The van der Waals surface area contributed by atoms with Crippen molar-refractivity contribution < 1.29 is 18.3 Å². The van der Waals surface area contributed by atoms with Crippen molar-refractivity contribution in [2.24, 2.45) is 11.8 Å². The van der Waals surface area contributed by atoms with E-state index < -0.39 is 23.6 Å². The molecule has 1 aromatic heterocycles. The van der Waals surface area contributed by atoms with Gasteiger partial charge in [-0.3, -0.25) is 4.68 Å². The van der Waals surface area contributed by atoms with Gasteiger partial charge in [-0.2, -0.15) is 18.3 Å². The van der Waals surface area contributed by atoms with Gasteiger partial charge in [0.2, 0.25) is 0 Å². The van der Waals surface area contributed by atoms with E-state index in [9.17, 15) is 18.3 Å². The summed E-state index contributed by atoms with van der Waals surface area (Å²) in [5, 5.41) is 15.4. The van der Waals surface area contributed by atoms with Gasteiger partial charge in [0, 0.05) is 5.02 Å². The number of hydrogen-bond donors (Lipinski definition) is 1. The summed E-state index contributed by atoms with van der Waals surface area (Å²) in [7, 11) is 0. The van der Waals surface area contributed by atoms with Crippen LogP contribution in [0.5, 0.6) is 0 Å². The molecular weight excluding hydrogens is 343 g/mol. The first-order valence-corrected chi connectivity index (χ1v) is 8.03. The van der Waals surface area contributed by atoms with Crippen molar-refractivity contribution in [3.05, 3.63) is 47.5 Å². The Kier molecular flexibility index (Phi) is 4.57. The van der Waals surface area contributed by atoms with Crippen molar-refractivity contribution >= 4 is 11.6 Å². The molecule has 8 heteroatoms. The monoisotopic (exact) mass is 359 g/mol. The van der Waals surface area contributed by atoms with Crippen LogP contribution >= 0.6 is 11.6 Å². The maximum atomic E-state index is 13.4. The van der Waals surface area contributed by atoms with Gasteiger partial charge in [0.05, 0.1) is 18.1 Å². The number of benzene rings is 1. The molecule has 3 atom stereocenters. The lowest BCUT2D eigenvalue weighted by Crippen LogP contribution is -2.50. The van der Waals surface area contributed by atoms with Gasteiger partial charge in [0.15, 0.2) is 0 Å². The van der Waals surface area contributed by atoms with Crippen molar-refractivity contribution in [2.75, 3.05) is 0 Å². The summed E-state index contributed by atoms with van der Waals surface area (Å²) in [6.45, 7) is -0.227. The molecule has 0 bridgehead atoms. The van der Waals surface area contributed by atoms with Gasteiger partial charge >= 0.3 is 6.18 Å². The van der Waals surface area contributed by atoms with Crippen LogP contribution in [0.25, 0.3) is 0 Å². The smallest absolute Gasteiger partial charge is 0.387 e. The second kappa shape index (κ2) is 6.37. The average molecular weight is 360 g/mol. The van der Waals surface area contributed by atoms with E-state index in [0.717, 1.165) is 5.56 Å². The molecule has 1 fully saturated rings. The molecule has 1 aliphatic rings. The molecule has 1 saturated carbocycles. The van der Waals surface area contributed by atoms with Gasteiger partial charge in [-0.25, -0.2) is 4.98 Å². The van der Waals surface area contributed by atoms with Crippen LogP contribution in [0.3, 0.4) is 0 Å². The summed E-state index contributed by atoms with van der Waals surface area (Å²) >= 11 is 5.85. The standard InChI is InChI=1S/C16H17ClF3N3O/c17-13-4-1-11(2-5-13)7-12-3-6-14(16(18,19)20)15(12,24)8-23-10-21-9-22-23/h1-2,4-5,9-10,12,14,24H,3,6-8H2. The largest absolute Gasteiger partial charge is 0.394 e. The fraction of sp³-hybridized carbons (Fsp3) is 0.500. The molecule has 4 nitrogen and oxygen atoms in total. The maximum Gasteiger partial charge on any atom is 0.394 e. The third kappa shape index (κ3) is 3.42. The fourth-order valence-corrected chi connectivity index (χ4v) is 3.72. The van der Waals surface area contributed by atoms with E-state index in [1.807, 2.05) is 0 Å². The number of halogens is 4. The molecule has 1 N–H and O–H groups in total. The number of alkyl halides is 3. The van der Waals surface area contributed by atoms with Crippen LogP contribution in [-0.2, 0) is 13.0 Å². The van der Waals surface area contributed by atoms with Gasteiger partial charge in [-0.15, -0.1) is 0 Å². The first-order chi connectivity index (χ1) is 11.3. The summed E-state index contributed by atoms with van der Waals surface area (Å²) in [6.07, 6.45) is -1.32. The van der Waals surface area contributed by atoms with Crippen LogP contribution in [0.15, 0.2) is 36.9 Å². The molecular formula is C16H17ClF3N3O. The summed E-state index contributed by atoms with van der Waals surface area (Å²) in [5.74, 6) is -2.29. The molecule has 130 valence electrons. The molecule has 3 rings (SSSR count). The lowest BCUT2D eigenvalue weighted by molar-refractivity contribution is -0.227. The van der Waals surface area contributed by atoms with Crippen LogP contribution in [0.2, 0.25) is 5.02 Å². The second-order valence-electron chi connectivity index (χ2n) is 6.28. The highest BCUT2D eigenvalue weighted by Crippen LogP contribution is 2.50. The van der Waals surface area contributed by atoms with E-state index in [4.69, 9.17) is 11.6 Å². The number of hydrogen-bond acceptors (Lipinski definition) is 3. The number of aliphatic hydroxyl groups is 1. The van der Waals surface area contributed by atoms with Gasteiger partial charge in [0.1, 0.15) is 12.7 Å².